The first-order chi connectivity index (χ1) is 13.9. The van der Waals surface area contributed by atoms with Crippen LogP contribution in [0, 0.1) is 23.4 Å². The van der Waals surface area contributed by atoms with E-state index in [-0.39, 0.29) is 22.9 Å². The number of nitrogens with zero attached hydrogens (tertiary/aromatic N) is 2. The van der Waals surface area contributed by atoms with Crippen LogP contribution in [0.2, 0.25) is 0 Å². The molecule has 2 heterocycles. The summed E-state index contributed by atoms with van der Waals surface area (Å²) in [4.78, 5) is 20.7. The molecule has 3 N–H and O–H groups in total. The molecule has 29 heavy (non-hydrogen) atoms. The molecule has 0 saturated heterocycles. The van der Waals surface area contributed by atoms with Crippen molar-refractivity contribution >= 4 is 28.5 Å². The zero-order valence-corrected chi connectivity index (χ0v) is 16.2. The number of pyridine rings is 1. The summed E-state index contributed by atoms with van der Waals surface area (Å²) in [7, 11) is 0. The van der Waals surface area contributed by atoms with Crippen molar-refractivity contribution in [3.8, 4) is 0 Å². The summed E-state index contributed by atoms with van der Waals surface area (Å²) in [6.45, 7) is 0. The van der Waals surface area contributed by atoms with E-state index in [1.54, 1.807) is 0 Å². The van der Waals surface area contributed by atoms with Crippen LogP contribution in [-0.4, -0.2) is 21.8 Å². The summed E-state index contributed by atoms with van der Waals surface area (Å²) in [6.07, 6.45) is 4.15. The van der Waals surface area contributed by atoms with E-state index in [2.05, 4.69) is 15.3 Å². The van der Waals surface area contributed by atoms with Gasteiger partial charge in [0.25, 0.3) is 5.91 Å². The average molecular weight is 420 g/mol. The Bertz CT molecular complexity index is 982. The zero-order valence-electron chi connectivity index (χ0n) is 15.4. The summed E-state index contributed by atoms with van der Waals surface area (Å²) < 4.78 is 42.4. The minimum Gasteiger partial charge on any atom is -0.379 e. The van der Waals surface area contributed by atoms with Gasteiger partial charge in [0.05, 0.1) is 11.7 Å². The van der Waals surface area contributed by atoms with Crippen LogP contribution in [0.5, 0.6) is 0 Å². The SMILES string of the molecule is NC1=N[C@@]2(c3cc(NC(=O)c4ccc(F)cn4)cc(F)c3F)CCCC[C@H]2CS1. The van der Waals surface area contributed by atoms with Crippen LogP contribution in [0.25, 0.3) is 0 Å². The van der Waals surface area contributed by atoms with E-state index in [4.69, 9.17) is 5.73 Å². The first-order valence-electron chi connectivity index (χ1n) is 9.29. The van der Waals surface area contributed by atoms with Crippen LogP contribution < -0.4 is 11.1 Å². The molecule has 2 atom stereocenters. The fourth-order valence-electron chi connectivity index (χ4n) is 4.11. The Morgan fingerprint density at radius 3 is 2.83 bits per heavy atom. The third-order valence-corrected chi connectivity index (χ3v) is 6.45. The van der Waals surface area contributed by atoms with E-state index in [0.717, 1.165) is 37.6 Å². The van der Waals surface area contributed by atoms with Crippen molar-refractivity contribution in [2.75, 3.05) is 11.1 Å². The van der Waals surface area contributed by atoms with Gasteiger partial charge in [-0.25, -0.2) is 18.2 Å². The van der Waals surface area contributed by atoms with E-state index in [1.807, 2.05) is 0 Å². The molecule has 4 rings (SSSR count). The van der Waals surface area contributed by atoms with Crippen molar-refractivity contribution in [3.63, 3.8) is 0 Å². The van der Waals surface area contributed by atoms with Gasteiger partial charge in [0.15, 0.2) is 16.8 Å². The lowest BCUT2D eigenvalue weighted by atomic mass is 9.69. The maximum atomic E-state index is 14.9. The highest BCUT2D eigenvalue weighted by Gasteiger charge is 2.46. The number of halogens is 3. The molecule has 1 fully saturated rings. The highest BCUT2D eigenvalue weighted by atomic mass is 32.2. The van der Waals surface area contributed by atoms with E-state index in [9.17, 15) is 18.0 Å². The first-order valence-corrected chi connectivity index (χ1v) is 10.3. The zero-order chi connectivity index (χ0) is 20.6. The highest BCUT2D eigenvalue weighted by molar-refractivity contribution is 8.13. The number of hydrogen-bond acceptors (Lipinski definition) is 5. The molecule has 5 nitrogen and oxygen atoms in total. The summed E-state index contributed by atoms with van der Waals surface area (Å²) in [5.74, 6) is -2.56. The van der Waals surface area contributed by atoms with Gasteiger partial charge in [-0.3, -0.25) is 9.79 Å². The fraction of sp³-hybridized carbons (Fsp3) is 0.350. The van der Waals surface area contributed by atoms with Gasteiger partial charge in [0, 0.05) is 23.1 Å². The van der Waals surface area contributed by atoms with Crippen LogP contribution >= 0.6 is 11.8 Å². The molecule has 2 aromatic rings. The number of aliphatic imine (C=N–C) groups is 1. The van der Waals surface area contributed by atoms with Gasteiger partial charge >= 0.3 is 0 Å². The molecule has 1 aromatic heterocycles. The molecule has 1 aliphatic carbocycles. The van der Waals surface area contributed by atoms with E-state index in [0.29, 0.717) is 17.3 Å². The summed E-state index contributed by atoms with van der Waals surface area (Å²) in [5.41, 5.74) is 5.16. The number of carbonyl (C=O) groups excluding carboxylic acids is 1. The largest absolute Gasteiger partial charge is 0.379 e. The number of nitrogens with two attached hydrogens (primary N) is 1. The van der Waals surface area contributed by atoms with Gasteiger partial charge < -0.3 is 11.1 Å². The molecule has 0 spiro atoms. The van der Waals surface area contributed by atoms with Crippen molar-refractivity contribution in [2.45, 2.75) is 31.2 Å². The third-order valence-electron chi connectivity index (χ3n) is 5.49. The van der Waals surface area contributed by atoms with E-state index < -0.39 is 28.9 Å². The lowest BCUT2D eigenvalue weighted by Crippen LogP contribution is -2.43. The van der Waals surface area contributed by atoms with Crippen LogP contribution in [0.1, 0.15) is 41.7 Å². The molecule has 1 aromatic carbocycles. The van der Waals surface area contributed by atoms with E-state index >= 15 is 0 Å². The molecule has 0 unspecified atom stereocenters. The van der Waals surface area contributed by atoms with Gasteiger partial charge in [0.1, 0.15) is 11.5 Å². The average Bonchev–Trinajstić information content (AvgIpc) is 2.70. The number of amides is 1. The second-order valence-corrected chi connectivity index (χ2v) is 8.30. The van der Waals surface area contributed by atoms with Crippen molar-refractivity contribution in [1.82, 2.24) is 4.98 Å². The third kappa shape index (κ3) is 3.71. The number of aromatic nitrogens is 1. The van der Waals surface area contributed by atoms with Gasteiger partial charge in [-0.1, -0.05) is 24.6 Å². The molecular weight excluding hydrogens is 401 g/mol. The number of benzene rings is 1. The Kier molecular flexibility index (Phi) is 5.24. The van der Waals surface area contributed by atoms with Crippen LogP contribution in [0.3, 0.4) is 0 Å². The number of anilines is 1. The number of rotatable bonds is 3. The Hall–Kier alpha value is -2.55. The standard InChI is InChI=1S/C20H19F3N4OS/c21-12-4-5-16(25-9-12)18(28)26-13-7-14(17(23)15(22)8-13)20-6-2-1-3-11(20)10-29-19(24)27-20/h4-5,7-9,11H,1-3,6,10H2,(H2,24,27)(H,26,28)/t11-,20-/m0/s1. The Balaban J connectivity index is 1.73. The maximum absolute atomic E-state index is 14.9. The van der Waals surface area contributed by atoms with E-state index in [1.165, 1.54) is 23.9 Å². The van der Waals surface area contributed by atoms with Crippen LogP contribution in [-0.2, 0) is 5.54 Å². The normalized spacial score (nSPS) is 23.8. The van der Waals surface area contributed by atoms with Crippen molar-refractivity contribution in [2.24, 2.45) is 16.6 Å². The molecule has 9 heteroatoms. The van der Waals surface area contributed by atoms with Crippen molar-refractivity contribution < 1.29 is 18.0 Å². The number of thioether (sulfide) groups is 1. The number of nitrogens with one attached hydrogen (secondary N) is 1. The second kappa shape index (κ2) is 7.70. The summed E-state index contributed by atoms with van der Waals surface area (Å²) in [5, 5.41) is 2.87. The molecule has 0 bridgehead atoms. The van der Waals surface area contributed by atoms with Gasteiger partial charge in [-0.15, -0.1) is 0 Å². The first kappa shape index (κ1) is 19.8. The van der Waals surface area contributed by atoms with Crippen molar-refractivity contribution in [1.29, 1.82) is 0 Å². The number of carbonyl (C=O) groups is 1. The van der Waals surface area contributed by atoms with Gasteiger partial charge in [-0.05, 0) is 37.0 Å². The molecule has 1 aliphatic heterocycles. The number of amidine groups is 1. The molecular formula is C20H19F3N4OS. The molecule has 1 amide bonds. The fourth-order valence-corrected chi connectivity index (χ4v) is 5.15. The number of hydrogen-bond donors (Lipinski definition) is 2. The maximum Gasteiger partial charge on any atom is 0.274 e. The molecule has 2 aliphatic rings. The molecule has 152 valence electrons. The topological polar surface area (TPSA) is 80.4 Å². The monoisotopic (exact) mass is 420 g/mol. The summed E-state index contributed by atoms with van der Waals surface area (Å²) in [6, 6.07) is 4.65. The van der Waals surface area contributed by atoms with Gasteiger partial charge in [0.2, 0.25) is 0 Å². The van der Waals surface area contributed by atoms with Crippen LogP contribution in [0.15, 0.2) is 35.5 Å². The second-order valence-electron chi connectivity index (χ2n) is 7.26. The predicted octanol–water partition coefficient (Wildman–Crippen LogP) is 4.20. The highest BCUT2D eigenvalue weighted by Crippen LogP contribution is 2.50. The summed E-state index contributed by atoms with van der Waals surface area (Å²) >= 11 is 1.42. The van der Waals surface area contributed by atoms with Crippen molar-refractivity contribution in [3.05, 3.63) is 59.2 Å². The molecule has 0 radical (unpaired) electrons. The minimum absolute atomic E-state index is 0.0344. The lowest BCUT2D eigenvalue weighted by Gasteiger charge is -2.44. The Morgan fingerprint density at radius 2 is 2.07 bits per heavy atom. The lowest BCUT2D eigenvalue weighted by molar-refractivity contribution is 0.102. The number of fused-ring (bicyclic) bond motifs is 1. The van der Waals surface area contributed by atoms with Crippen LogP contribution in [0.4, 0.5) is 18.9 Å². The molecule has 1 saturated carbocycles. The smallest absolute Gasteiger partial charge is 0.274 e. The van der Waals surface area contributed by atoms with Gasteiger partial charge in [-0.2, -0.15) is 0 Å². The Morgan fingerprint density at radius 1 is 1.24 bits per heavy atom. The Labute approximate surface area is 170 Å². The minimum atomic E-state index is -1.07. The quantitative estimate of drug-likeness (QED) is 0.780. The predicted molar refractivity (Wildman–Crippen MR) is 106 cm³/mol.